The average Bonchev–Trinajstić information content (AvgIpc) is 2.80. The second-order valence-electron chi connectivity index (χ2n) is 7.22. The number of nitrogens with zero attached hydrogens (tertiary/aromatic N) is 4. The molecule has 3 rings (SSSR count). The van der Waals surface area contributed by atoms with E-state index in [0.717, 1.165) is 24.1 Å². The Balaban J connectivity index is 2.29. The first-order valence-electron chi connectivity index (χ1n) is 7.54. The van der Waals surface area contributed by atoms with Crippen LogP contribution in [0.1, 0.15) is 44.1 Å². The van der Waals surface area contributed by atoms with Gasteiger partial charge in [0.2, 0.25) is 0 Å². The molecule has 5 nitrogen and oxygen atoms in total. The second kappa shape index (κ2) is 4.44. The molecular formula is C17H20N4O. The van der Waals surface area contributed by atoms with E-state index in [9.17, 15) is 15.6 Å². The van der Waals surface area contributed by atoms with Gasteiger partial charge in [0, 0.05) is 18.0 Å². The van der Waals surface area contributed by atoms with Crippen molar-refractivity contribution in [1.29, 1.82) is 10.5 Å². The van der Waals surface area contributed by atoms with Crippen LogP contribution >= 0.6 is 0 Å². The van der Waals surface area contributed by atoms with Crippen LogP contribution in [0.25, 0.3) is 0 Å². The van der Waals surface area contributed by atoms with Crippen LogP contribution in [-0.4, -0.2) is 21.0 Å². The Morgan fingerprint density at radius 2 is 2.00 bits per heavy atom. The third-order valence-electron chi connectivity index (χ3n) is 5.65. The number of hydrogen-bond donors (Lipinski definition) is 1. The molecule has 3 atom stereocenters. The van der Waals surface area contributed by atoms with Gasteiger partial charge in [-0.2, -0.15) is 15.6 Å². The zero-order chi connectivity index (χ0) is 16.3. The van der Waals surface area contributed by atoms with Crippen LogP contribution in [-0.2, 0) is 18.9 Å². The lowest BCUT2D eigenvalue weighted by Gasteiger charge is -2.52. The summed E-state index contributed by atoms with van der Waals surface area (Å²) in [5.41, 5.74) is 2.05. The molecule has 0 amide bonds. The molecule has 0 bridgehead atoms. The molecule has 5 heteroatoms. The maximum Gasteiger partial charge on any atom is 0.141 e. The maximum atomic E-state index is 10.5. The average molecular weight is 296 g/mol. The van der Waals surface area contributed by atoms with Crippen LogP contribution in [0.5, 0.6) is 0 Å². The monoisotopic (exact) mass is 296 g/mol. The van der Waals surface area contributed by atoms with Crippen LogP contribution < -0.4 is 0 Å². The van der Waals surface area contributed by atoms with Crippen molar-refractivity contribution >= 4 is 0 Å². The highest BCUT2D eigenvalue weighted by molar-refractivity contribution is 5.48. The molecule has 114 valence electrons. The molecule has 0 fully saturated rings. The van der Waals surface area contributed by atoms with E-state index in [4.69, 9.17) is 0 Å². The minimum Gasteiger partial charge on any atom is -0.387 e. The second-order valence-corrected chi connectivity index (χ2v) is 7.22. The summed E-state index contributed by atoms with van der Waals surface area (Å²) in [7, 11) is 1.78. The van der Waals surface area contributed by atoms with E-state index in [0.29, 0.717) is 11.3 Å². The topological polar surface area (TPSA) is 85.6 Å². The van der Waals surface area contributed by atoms with E-state index in [1.54, 1.807) is 11.7 Å². The molecule has 2 aliphatic carbocycles. The van der Waals surface area contributed by atoms with Crippen molar-refractivity contribution in [3.63, 3.8) is 0 Å². The smallest absolute Gasteiger partial charge is 0.141 e. The summed E-state index contributed by atoms with van der Waals surface area (Å²) in [4.78, 5) is 0. The van der Waals surface area contributed by atoms with Crippen LogP contribution in [0.3, 0.4) is 0 Å². The van der Waals surface area contributed by atoms with E-state index < -0.39 is 16.9 Å². The summed E-state index contributed by atoms with van der Waals surface area (Å²) in [6, 6.07) is 4.38. The number of aromatic nitrogens is 2. The van der Waals surface area contributed by atoms with Crippen molar-refractivity contribution in [2.24, 2.45) is 18.4 Å². The SMILES string of the molecule is Cn1nc2c(c1C#N)CC[C@H]1C(C)(C)C(O)C(C#N)=C[C@]21C. The highest BCUT2D eigenvalue weighted by Gasteiger charge is 2.55. The first kappa shape index (κ1) is 14.8. The number of hydrogen-bond acceptors (Lipinski definition) is 4. The Hall–Kier alpha value is -2.11. The summed E-state index contributed by atoms with van der Waals surface area (Å²) < 4.78 is 1.64. The molecule has 2 aliphatic rings. The van der Waals surface area contributed by atoms with Crippen molar-refractivity contribution in [1.82, 2.24) is 9.78 Å². The fraction of sp³-hybridized carbons (Fsp3) is 0.588. The molecule has 1 unspecified atom stereocenters. The lowest BCUT2D eigenvalue weighted by atomic mass is 9.52. The number of allylic oxidation sites excluding steroid dienone is 1. The molecule has 1 aromatic rings. The highest BCUT2D eigenvalue weighted by Crippen LogP contribution is 2.55. The summed E-state index contributed by atoms with van der Waals surface area (Å²) in [6.45, 7) is 6.11. The van der Waals surface area contributed by atoms with Crippen LogP contribution in [0, 0.1) is 34.0 Å². The van der Waals surface area contributed by atoms with Gasteiger partial charge >= 0.3 is 0 Å². The van der Waals surface area contributed by atoms with Gasteiger partial charge in [-0.05, 0) is 24.2 Å². The number of rotatable bonds is 0. The lowest BCUT2D eigenvalue weighted by molar-refractivity contribution is -0.0102. The number of fused-ring (bicyclic) bond motifs is 3. The standard InChI is InChI=1S/C17H20N4O/c1-16(2)13-6-5-11-12(9-19)21(4)20-14(11)17(13,3)7-10(8-18)15(16)22/h7,13,15,22H,5-6H2,1-4H3/t13-,15?,17-/m0/s1. The maximum absolute atomic E-state index is 10.5. The molecule has 0 aliphatic heterocycles. The molecule has 0 radical (unpaired) electrons. The van der Waals surface area contributed by atoms with E-state index in [-0.39, 0.29) is 5.92 Å². The number of aryl methyl sites for hydroxylation is 1. The molecule has 1 N–H and O–H groups in total. The largest absolute Gasteiger partial charge is 0.387 e. The summed E-state index contributed by atoms with van der Waals surface area (Å²) in [5.74, 6) is 0.182. The molecule has 1 heterocycles. The first-order valence-corrected chi connectivity index (χ1v) is 7.54. The third-order valence-corrected chi connectivity index (χ3v) is 5.65. The Kier molecular flexibility index (Phi) is 2.99. The molecule has 0 aromatic carbocycles. The zero-order valence-corrected chi connectivity index (χ0v) is 13.4. The van der Waals surface area contributed by atoms with Gasteiger partial charge in [-0.3, -0.25) is 4.68 Å². The zero-order valence-electron chi connectivity index (χ0n) is 13.4. The van der Waals surface area contributed by atoms with Gasteiger partial charge in [-0.15, -0.1) is 0 Å². The van der Waals surface area contributed by atoms with Crippen molar-refractivity contribution in [3.8, 4) is 12.1 Å². The van der Waals surface area contributed by atoms with E-state index in [1.807, 2.05) is 19.9 Å². The molecule has 0 spiro atoms. The van der Waals surface area contributed by atoms with Crippen molar-refractivity contribution in [2.75, 3.05) is 0 Å². The molecule has 0 saturated carbocycles. The van der Waals surface area contributed by atoms with Gasteiger partial charge in [0.25, 0.3) is 0 Å². The molecular weight excluding hydrogens is 276 g/mol. The van der Waals surface area contributed by atoms with Crippen LogP contribution in [0.2, 0.25) is 0 Å². The Labute approximate surface area is 130 Å². The van der Waals surface area contributed by atoms with Gasteiger partial charge in [0.1, 0.15) is 11.8 Å². The minimum atomic E-state index is -0.753. The fourth-order valence-corrected chi connectivity index (χ4v) is 4.53. The van der Waals surface area contributed by atoms with Gasteiger partial charge in [0.05, 0.1) is 23.4 Å². The Morgan fingerprint density at radius 1 is 1.32 bits per heavy atom. The summed E-state index contributed by atoms with van der Waals surface area (Å²) in [5, 5.41) is 33.9. The van der Waals surface area contributed by atoms with Crippen molar-refractivity contribution in [2.45, 2.75) is 45.1 Å². The minimum absolute atomic E-state index is 0.182. The quantitative estimate of drug-likeness (QED) is 0.793. The first-order chi connectivity index (χ1) is 10.3. The number of aliphatic hydroxyl groups excluding tert-OH is 1. The molecule has 22 heavy (non-hydrogen) atoms. The van der Waals surface area contributed by atoms with Gasteiger partial charge < -0.3 is 5.11 Å². The highest BCUT2D eigenvalue weighted by atomic mass is 16.3. The third kappa shape index (κ3) is 1.63. The van der Waals surface area contributed by atoms with Gasteiger partial charge in [0.15, 0.2) is 0 Å². The number of aliphatic hydroxyl groups is 1. The predicted molar refractivity (Wildman–Crippen MR) is 80.6 cm³/mol. The normalized spacial score (nSPS) is 32.2. The number of nitriles is 2. The van der Waals surface area contributed by atoms with E-state index >= 15 is 0 Å². The summed E-state index contributed by atoms with van der Waals surface area (Å²) in [6.07, 6.45) is 2.79. The molecule has 1 aromatic heterocycles. The van der Waals surface area contributed by atoms with E-state index in [1.165, 1.54) is 0 Å². The van der Waals surface area contributed by atoms with Gasteiger partial charge in [-0.25, -0.2) is 0 Å². The Bertz CT molecular complexity index is 759. The van der Waals surface area contributed by atoms with Crippen LogP contribution in [0.4, 0.5) is 0 Å². The van der Waals surface area contributed by atoms with Gasteiger partial charge in [-0.1, -0.05) is 26.8 Å². The fourth-order valence-electron chi connectivity index (χ4n) is 4.53. The lowest BCUT2D eigenvalue weighted by Crippen LogP contribution is -2.52. The molecule has 0 saturated heterocycles. The van der Waals surface area contributed by atoms with Crippen molar-refractivity contribution in [3.05, 3.63) is 28.6 Å². The summed E-state index contributed by atoms with van der Waals surface area (Å²) >= 11 is 0. The van der Waals surface area contributed by atoms with Crippen molar-refractivity contribution < 1.29 is 5.11 Å². The predicted octanol–water partition coefficient (Wildman–Crippen LogP) is 1.96. The van der Waals surface area contributed by atoms with E-state index in [2.05, 4.69) is 24.2 Å². The Morgan fingerprint density at radius 3 is 2.59 bits per heavy atom. The van der Waals surface area contributed by atoms with Crippen LogP contribution in [0.15, 0.2) is 11.6 Å².